The van der Waals surface area contributed by atoms with E-state index < -0.39 is 5.60 Å². The van der Waals surface area contributed by atoms with Crippen molar-refractivity contribution in [3.63, 3.8) is 0 Å². The van der Waals surface area contributed by atoms with Crippen LogP contribution in [0.3, 0.4) is 0 Å². The van der Waals surface area contributed by atoms with Crippen molar-refractivity contribution in [3.8, 4) is 5.75 Å². The molecule has 2 amide bonds. The number of hydrogen-bond acceptors (Lipinski definition) is 3. The minimum Gasteiger partial charge on any atom is -0.497 e. The lowest BCUT2D eigenvalue weighted by atomic mass is 9.93. The number of methoxy groups -OCH3 is 1. The molecule has 0 radical (unpaired) electrons. The van der Waals surface area contributed by atoms with Gasteiger partial charge in [-0.1, -0.05) is 26.7 Å². The molecule has 5 nitrogen and oxygen atoms in total. The fourth-order valence-electron chi connectivity index (χ4n) is 2.55. The Labute approximate surface area is 133 Å². The normalized spacial score (nSPS) is 11.1. The Kier molecular flexibility index (Phi) is 7.18. The van der Waals surface area contributed by atoms with Crippen LogP contribution in [0.2, 0.25) is 0 Å². The number of aryl methyl sites for hydroxylation is 1. The first-order chi connectivity index (χ1) is 10.4. The lowest BCUT2D eigenvalue weighted by Crippen LogP contribution is -2.44. The number of aliphatic hydroxyl groups is 1. The summed E-state index contributed by atoms with van der Waals surface area (Å²) in [6.07, 6.45) is 3.14. The topological polar surface area (TPSA) is 70.6 Å². The maximum atomic E-state index is 12.0. The van der Waals surface area contributed by atoms with Crippen molar-refractivity contribution in [1.82, 2.24) is 5.32 Å². The summed E-state index contributed by atoms with van der Waals surface area (Å²) in [6, 6.07) is 5.16. The zero-order chi connectivity index (χ0) is 16.6. The van der Waals surface area contributed by atoms with Crippen molar-refractivity contribution >= 4 is 11.7 Å². The van der Waals surface area contributed by atoms with E-state index in [-0.39, 0.29) is 12.6 Å². The highest BCUT2D eigenvalue weighted by Crippen LogP contribution is 2.21. The van der Waals surface area contributed by atoms with E-state index in [0.29, 0.717) is 12.8 Å². The zero-order valence-electron chi connectivity index (χ0n) is 14.0. The summed E-state index contributed by atoms with van der Waals surface area (Å²) in [5.41, 5.74) is 0.829. The van der Waals surface area contributed by atoms with Gasteiger partial charge in [0.15, 0.2) is 0 Å². The average molecular weight is 308 g/mol. The number of rotatable bonds is 8. The molecule has 0 fully saturated rings. The van der Waals surface area contributed by atoms with Crippen LogP contribution in [0.4, 0.5) is 10.5 Å². The molecule has 5 heteroatoms. The molecule has 1 aromatic carbocycles. The van der Waals surface area contributed by atoms with Crippen LogP contribution in [0.15, 0.2) is 18.2 Å². The third-order valence-corrected chi connectivity index (χ3v) is 3.69. The van der Waals surface area contributed by atoms with E-state index in [9.17, 15) is 9.90 Å². The first kappa shape index (κ1) is 18.3. The van der Waals surface area contributed by atoms with Gasteiger partial charge in [-0.05, 0) is 43.5 Å². The second-order valence-electron chi connectivity index (χ2n) is 5.71. The summed E-state index contributed by atoms with van der Waals surface area (Å²) < 4.78 is 5.14. The number of carbonyl (C=O) groups excluding carboxylic acids is 1. The second-order valence-corrected chi connectivity index (χ2v) is 5.71. The number of nitrogens with one attached hydrogen (secondary N) is 2. The molecule has 22 heavy (non-hydrogen) atoms. The Bertz CT molecular complexity index is 483. The number of anilines is 1. The van der Waals surface area contributed by atoms with E-state index in [1.807, 2.05) is 26.8 Å². The third-order valence-electron chi connectivity index (χ3n) is 3.69. The molecule has 0 unspecified atom stereocenters. The molecule has 0 atom stereocenters. The molecule has 0 heterocycles. The van der Waals surface area contributed by atoms with Crippen molar-refractivity contribution in [3.05, 3.63) is 23.8 Å². The van der Waals surface area contributed by atoms with Gasteiger partial charge in [0.05, 0.1) is 12.7 Å². The quantitative estimate of drug-likeness (QED) is 0.689. The minimum atomic E-state index is -0.824. The monoisotopic (exact) mass is 308 g/mol. The molecule has 0 saturated carbocycles. The molecule has 0 aliphatic rings. The van der Waals surface area contributed by atoms with Gasteiger partial charge in [-0.15, -0.1) is 0 Å². The lowest BCUT2D eigenvalue weighted by molar-refractivity contribution is 0.0245. The Balaban J connectivity index is 2.59. The van der Waals surface area contributed by atoms with Crippen LogP contribution >= 0.6 is 0 Å². The van der Waals surface area contributed by atoms with Gasteiger partial charge >= 0.3 is 6.03 Å². The summed E-state index contributed by atoms with van der Waals surface area (Å²) in [5.74, 6) is 0.753. The minimum absolute atomic E-state index is 0.260. The van der Waals surface area contributed by atoms with Crippen LogP contribution in [0.1, 0.15) is 45.1 Å². The fraction of sp³-hybridized carbons (Fsp3) is 0.588. The highest BCUT2D eigenvalue weighted by Gasteiger charge is 2.25. The van der Waals surface area contributed by atoms with Crippen LogP contribution in [0.5, 0.6) is 5.75 Å². The van der Waals surface area contributed by atoms with E-state index in [0.717, 1.165) is 29.8 Å². The van der Waals surface area contributed by atoms with Crippen molar-refractivity contribution in [2.24, 2.45) is 0 Å². The maximum absolute atomic E-state index is 12.0. The molecule has 1 aromatic rings. The molecule has 3 N–H and O–H groups in total. The predicted octanol–water partition coefficient (Wildman–Crippen LogP) is 3.46. The summed E-state index contributed by atoms with van der Waals surface area (Å²) in [6.45, 7) is 6.22. The zero-order valence-corrected chi connectivity index (χ0v) is 14.0. The molecule has 1 rings (SSSR count). The van der Waals surface area contributed by atoms with Gasteiger partial charge < -0.3 is 20.5 Å². The SMILES string of the molecule is CCCC(O)(CCC)CNC(=O)Nc1ccc(OC)cc1C. The van der Waals surface area contributed by atoms with Crippen LogP contribution in [-0.2, 0) is 0 Å². The lowest BCUT2D eigenvalue weighted by Gasteiger charge is -2.27. The van der Waals surface area contributed by atoms with Gasteiger partial charge in [-0.3, -0.25) is 0 Å². The van der Waals surface area contributed by atoms with Gasteiger partial charge in [0.2, 0.25) is 0 Å². The van der Waals surface area contributed by atoms with Crippen molar-refractivity contribution in [1.29, 1.82) is 0 Å². The number of benzene rings is 1. The van der Waals surface area contributed by atoms with Crippen molar-refractivity contribution in [2.75, 3.05) is 19.0 Å². The number of hydrogen-bond donors (Lipinski definition) is 3. The predicted molar refractivity (Wildman–Crippen MR) is 89.5 cm³/mol. The van der Waals surface area contributed by atoms with Crippen LogP contribution in [0.25, 0.3) is 0 Å². The maximum Gasteiger partial charge on any atom is 0.319 e. The largest absolute Gasteiger partial charge is 0.497 e. The highest BCUT2D eigenvalue weighted by atomic mass is 16.5. The third kappa shape index (κ3) is 5.56. The molecule has 124 valence electrons. The van der Waals surface area contributed by atoms with Gasteiger partial charge in [0.1, 0.15) is 5.75 Å². The molecule has 0 spiro atoms. The van der Waals surface area contributed by atoms with E-state index in [1.54, 1.807) is 19.2 Å². The summed E-state index contributed by atoms with van der Waals surface area (Å²) in [7, 11) is 1.61. The molecule has 0 aromatic heterocycles. The number of amides is 2. The smallest absolute Gasteiger partial charge is 0.319 e. The van der Waals surface area contributed by atoms with E-state index in [4.69, 9.17) is 4.74 Å². The van der Waals surface area contributed by atoms with E-state index in [1.165, 1.54) is 0 Å². The van der Waals surface area contributed by atoms with Gasteiger partial charge in [0.25, 0.3) is 0 Å². The first-order valence-corrected chi connectivity index (χ1v) is 7.86. The standard InChI is InChI=1S/C17H28N2O3/c1-5-9-17(21,10-6-2)12-18-16(20)19-15-8-7-14(22-4)11-13(15)3/h7-8,11,21H,5-6,9-10,12H2,1-4H3,(H2,18,19,20). The van der Waals surface area contributed by atoms with Crippen molar-refractivity contribution < 1.29 is 14.6 Å². The summed E-state index contributed by atoms with van der Waals surface area (Å²) in [5, 5.41) is 16.1. The average Bonchev–Trinajstić information content (AvgIpc) is 2.48. The summed E-state index contributed by atoms with van der Waals surface area (Å²) in [4.78, 5) is 12.0. The number of ether oxygens (including phenoxy) is 1. The Morgan fingerprint density at radius 3 is 2.41 bits per heavy atom. The number of urea groups is 1. The fourth-order valence-corrected chi connectivity index (χ4v) is 2.55. The van der Waals surface area contributed by atoms with Crippen LogP contribution < -0.4 is 15.4 Å². The first-order valence-electron chi connectivity index (χ1n) is 7.86. The molecule has 0 aliphatic carbocycles. The van der Waals surface area contributed by atoms with Gasteiger partial charge in [0, 0.05) is 12.2 Å². The molecular weight excluding hydrogens is 280 g/mol. The highest BCUT2D eigenvalue weighted by molar-refractivity contribution is 5.90. The summed E-state index contributed by atoms with van der Waals surface area (Å²) >= 11 is 0. The van der Waals surface area contributed by atoms with Gasteiger partial charge in [-0.25, -0.2) is 4.79 Å². The van der Waals surface area contributed by atoms with E-state index in [2.05, 4.69) is 10.6 Å². The Hall–Kier alpha value is -1.75. The van der Waals surface area contributed by atoms with Crippen molar-refractivity contribution in [2.45, 2.75) is 52.1 Å². The molecular formula is C17H28N2O3. The molecule has 0 aliphatic heterocycles. The Morgan fingerprint density at radius 1 is 1.27 bits per heavy atom. The number of carbonyl (C=O) groups is 1. The molecule has 0 saturated heterocycles. The van der Waals surface area contributed by atoms with E-state index >= 15 is 0 Å². The van der Waals surface area contributed by atoms with Crippen LogP contribution in [-0.4, -0.2) is 30.4 Å². The molecule has 0 bridgehead atoms. The Morgan fingerprint density at radius 2 is 1.91 bits per heavy atom. The van der Waals surface area contributed by atoms with Crippen LogP contribution in [0, 0.1) is 6.92 Å². The second kappa shape index (κ2) is 8.63. The van der Waals surface area contributed by atoms with Gasteiger partial charge in [-0.2, -0.15) is 0 Å².